The van der Waals surface area contributed by atoms with Crippen molar-refractivity contribution in [1.82, 2.24) is 24.9 Å². The van der Waals surface area contributed by atoms with Crippen molar-refractivity contribution in [3.63, 3.8) is 0 Å². The number of nitrogen functional groups attached to an aromatic ring is 1. The minimum absolute atomic E-state index is 0. The Hall–Kier alpha value is -17.2. The average Bonchev–Trinajstić information content (AvgIpc) is 1.62. The van der Waals surface area contributed by atoms with Crippen LogP contribution in [0.15, 0.2) is 513 Å². The molecule has 710 valence electrons. The number of anilines is 7. The smallest absolute Gasteiger partial charge is 0.455 e. The molecule has 0 fully saturated rings. The second-order valence-corrected chi connectivity index (χ2v) is 38.4. The normalized spacial score (nSPS) is 11.0. The summed E-state index contributed by atoms with van der Waals surface area (Å²) in [7, 11) is 9.75. The number of aromatic nitrogens is 5. The van der Waals surface area contributed by atoms with Crippen LogP contribution >= 0.6 is 34.8 Å². The van der Waals surface area contributed by atoms with E-state index in [0.717, 1.165) is 238 Å². The van der Waals surface area contributed by atoms with E-state index in [4.69, 9.17) is 71.9 Å². The van der Waals surface area contributed by atoms with Gasteiger partial charge in [-0.15, -0.1) is 59.7 Å². The van der Waals surface area contributed by atoms with E-state index in [-0.39, 0.29) is 21.1 Å². The summed E-state index contributed by atoms with van der Waals surface area (Å²) in [6.45, 7) is 0. The summed E-state index contributed by atoms with van der Waals surface area (Å²) in [4.78, 5) is 28.4. The van der Waals surface area contributed by atoms with Crippen LogP contribution < -0.4 is 15.5 Å². The minimum Gasteiger partial charge on any atom is -0.455 e. The standard InChI is InChI=1S/C46H29N3O2.C46H27N3O2.C17H10BrNO.C12H11N.C7H5N.2ClH.2Pt/c2*1-2-12-30(13-3-1)35-18-4-7-21-42(35)49(33-16-10-14-31(24-33)40-26-38-36-19-5-8-22-43(36)50-45(38)28-47-40)34-17-11-15-32(25-34)41-27-39-37-20-6-9-23-44(37)51-46(39)29-48-41;18-12-5-3-4-11(8-12)15-9-14-13-6-1-2-7-16(13)20-17(14)10-19-15;13-12-9-5-4-8-11(12)10-6-2-1-3-7-10;8-6-7-4-2-1-3-5-7;;;;/h1-29H;1-23,26-29H;1-10H;1-9H,13H2;1-5H;2*1H;;/q;-2;;;;;;2*+2/p-2. The molecular weight excluding hydrogens is 2280 g/mol. The van der Waals surface area contributed by atoms with Crippen LogP contribution in [0.4, 0.5) is 39.8 Å². The van der Waals surface area contributed by atoms with Gasteiger partial charge < -0.3 is 47.6 Å². The number of fused-ring (bicyclic) bond motifs is 15. The van der Waals surface area contributed by atoms with Crippen molar-refractivity contribution < 1.29 is 59.6 Å². The molecular formula is C128H82BrCl2N9O5Pt2. The van der Waals surface area contributed by atoms with Crippen LogP contribution in [-0.2, 0) is 37.5 Å². The fourth-order valence-electron chi connectivity index (χ4n) is 18.4. The quantitative estimate of drug-likeness (QED) is 0.0800. The molecule has 0 spiro atoms. The summed E-state index contributed by atoms with van der Waals surface area (Å²) < 4.78 is 31.1. The van der Waals surface area contributed by atoms with Gasteiger partial charge in [-0.2, -0.15) is 5.26 Å². The molecule has 27 rings (SSSR count). The predicted octanol–water partition coefficient (Wildman–Crippen LogP) is 36.4. The van der Waals surface area contributed by atoms with Gasteiger partial charge in [-0.05, 0) is 155 Å². The third-order valence-electron chi connectivity index (χ3n) is 25.2. The fraction of sp³-hybridized carbons (Fsp3) is 0. The first-order valence-electron chi connectivity index (χ1n) is 47.0. The maximum Gasteiger partial charge on any atom is 2.00 e. The fourth-order valence-corrected chi connectivity index (χ4v) is 18.8. The van der Waals surface area contributed by atoms with Crippen molar-refractivity contribution in [3.05, 3.63) is 508 Å². The van der Waals surface area contributed by atoms with Gasteiger partial charge in [0.05, 0.1) is 71.1 Å². The van der Waals surface area contributed by atoms with Crippen LogP contribution in [0.3, 0.4) is 0 Å². The van der Waals surface area contributed by atoms with Crippen molar-refractivity contribution in [2.45, 2.75) is 0 Å². The van der Waals surface area contributed by atoms with Crippen LogP contribution in [0, 0.1) is 23.5 Å². The van der Waals surface area contributed by atoms with E-state index in [0.29, 0.717) is 5.56 Å². The number of nitrogens with zero attached hydrogens (tertiary/aromatic N) is 8. The first-order chi connectivity index (χ1) is 72.1. The minimum atomic E-state index is -0.472. The molecule has 147 heavy (non-hydrogen) atoms. The number of benzene rings is 17. The first kappa shape index (κ1) is 96.0. The molecule has 0 amide bonds. The van der Waals surface area contributed by atoms with Crippen LogP contribution in [-0.4, -0.2) is 24.9 Å². The average molecular weight is 2370 g/mol. The Morgan fingerprint density at radius 2 is 0.544 bits per heavy atom. The Bertz CT molecular complexity index is 8740. The zero-order chi connectivity index (χ0) is 98.6. The molecule has 0 bridgehead atoms. The number of hydrogen-bond acceptors (Lipinski definition) is 14. The molecule has 14 nitrogen and oxygen atoms in total. The second kappa shape index (κ2) is 44.4. The number of para-hydroxylation sites is 8. The molecule has 0 saturated heterocycles. The molecule has 0 aliphatic carbocycles. The Morgan fingerprint density at radius 1 is 0.265 bits per heavy atom. The summed E-state index contributed by atoms with van der Waals surface area (Å²) in [5.74, 6) is 0. The maximum atomic E-state index is 8.29. The molecule has 19 heteroatoms. The molecule has 0 unspecified atom stereocenters. The first-order valence-corrected chi connectivity index (χ1v) is 53.4. The molecule has 10 aromatic heterocycles. The van der Waals surface area contributed by atoms with Crippen molar-refractivity contribution in [2.75, 3.05) is 15.5 Å². The molecule has 2 N–H and O–H groups in total. The van der Waals surface area contributed by atoms with E-state index in [9.17, 15) is 0 Å². The van der Waals surface area contributed by atoms with Gasteiger partial charge in [0, 0.05) is 109 Å². The van der Waals surface area contributed by atoms with E-state index in [1.807, 2.05) is 188 Å². The summed E-state index contributed by atoms with van der Waals surface area (Å²) in [6.07, 6.45) is 9.06. The summed E-state index contributed by atoms with van der Waals surface area (Å²) in [5.41, 5.74) is 37.3. The van der Waals surface area contributed by atoms with Gasteiger partial charge in [-0.1, -0.05) is 319 Å². The van der Waals surface area contributed by atoms with Gasteiger partial charge >= 0.3 is 56.4 Å². The molecule has 0 saturated carbocycles. The Labute approximate surface area is 885 Å². The number of furan rings is 5. The van der Waals surface area contributed by atoms with Crippen LogP contribution in [0.1, 0.15) is 5.56 Å². The molecule has 0 aliphatic heterocycles. The Balaban J connectivity index is 0.000000122. The van der Waals surface area contributed by atoms with E-state index in [2.05, 4.69) is 316 Å². The number of nitriles is 1. The molecule has 0 aliphatic rings. The largest absolute Gasteiger partial charge is 2.00 e. The molecule has 10 heterocycles. The van der Waals surface area contributed by atoms with Crippen molar-refractivity contribution >= 4 is 184 Å². The van der Waals surface area contributed by atoms with E-state index < -0.39 is 16.5 Å². The van der Waals surface area contributed by atoms with Crippen molar-refractivity contribution in [3.8, 4) is 95.7 Å². The monoisotopic (exact) mass is 2360 g/mol. The number of hydrogen-bond donors (Lipinski definition) is 1. The summed E-state index contributed by atoms with van der Waals surface area (Å²) in [5, 5.41) is 19.0. The van der Waals surface area contributed by atoms with Crippen LogP contribution in [0.2, 0.25) is 0 Å². The zero-order valence-electron chi connectivity index (χ0n) is 78.2. The Kier molecular flexibility index (Phi) is 29.0. The van der Waals surface area contributed by atoms with Gasteiger partial charge in [-0.3, -0.25) is 15.0 Å². The summed E-state index contributed by atoms with van der Waals surface area (Å²) in [6, 6.07) is 163. The Morgan fingerprint density at radius 3 is 0.898 bits per heavy atom. The van der Waals surface area contributed by atoms with E-state index in [1.165, 1.54) is 5.56 Å². The second-order valence-electron chi connectivity index (χ2n) is 34.2. The van der Waals surface area contributed by atoms with Crippen LogP contribution in [0.25, 0.3) is 199 Å². The van der Waals surface area contributed by atoms with Crippen molar-refractivity contribution in [2.24, 2.45) is 0 Å². The van der Waals surface area contributed by atoms with Gasteiger partial charge in [0.25, 0.3) is 0 Å². The zero-order valence-corrected chi connectivity index (χ0v) is 85.8. The molecule has 0 radical (unpaired) electrons. The van der Waals surface area contributed by atoms with Gasteiger partial charge in [-0.25, -0.2) is 0 Å². The maximum absolute atomic E-state index is 8.29. The molecule has 27 aromatic rings. The van der Waals surface area contributed by atoms with Crippen LogP contribution in [0.5, 0.6) is 0 Å². The third kappa shape index (κ3) is 20.8. The number of pyridine rings is 5. The van der Waals surface area contributed by atoms with Gasteiger partial charge in [0.1, 0.15) is 27.9 Å². The third-order valence-corrected chi connectivity index (χ3v) is 25.7. The number of halogens is 3. The summed E-state index contributed by atoms with van der Waals surface area (Å²) >= 11 is 3.02. The number of nitrogens with two attached hydrogens (primary N) is 1. The molecule has 17 aromatic carbocycles. The van der Waals surface area contributed by atoms with Gasteiger partial charge in [0.15, 0.2) is 27.9 Å². The van der Waals surface area contributed by atoms with Crippen molar-refractivity contribution in [1.29, 1.82) is 5.26 Å². The van der Waals surface area contributed by atoms with E-state index >= 15 is 0 Å². The SMILES string of the molecule is Brc1cccc(-c2cc3c(cn2)oc2ccccc23)c1.N#Cc1ccccc1.Nc1ccccc1-c1ccccc1.[Cl][Pt][Cl].[Pt+2].[c-]1c(-c2cc3c(cn2)oc2ccccc23)cccc1N(c1[c-]c(-c2cc3c(cn2)oc2ccccc23)ccc1)c1ccccc1-c1ccccc1.c1ccc(-c2ccccc2N(c2cccc(-c3cc4c(cn3)oc3ccccc34)c2)c2cccc(-c3cc4c(cn3)oc3ccccc34)c2)cc1. The number of rotatable bonds is 14. The van der Waals surface area contributed by atoms with Gasteiger partial charge in [0.2, 0.25) is 0 Å². The topological polar surface area (TPSA) is 186 Å². The van der Waals surface area contributed by atoms with E-state index in [1.54, 1.807) is 30.7 Å². The molecule has 0 atom stereocenters. The predicted molar refractivity (Wildman–Crippen MR) is 597 cm³/mol.